The Morgan fingerprint density at radius 3 is 2.62 bits per heavy atom. The molecule has 0 aliphatic carbocycles. The minimum atomic E-state index is 0.00513. The molecule has 168 valence electrons. The molecule has 1 saturated heterocycles. The van der Waals surface area contributed by atoms with Crippen LogP contribution in [0.4, 0.5) is 0 Å². The number of furan rings is 1. The first-order valence-corrected chi connectivity index (χ1v) is 11.0. The Morgan fingerprint density at radius 1 is 1.06 bits per heavy atom. The van der Waals surface area contributed by atoms with E-state index in [2.05, 4.69) is 17.0 Å². The van der Waals surface area contributed by atoms with Crippen molar-refractivity contribution in [3.8, 4) is 11.5 Å². The van der Waals surface area contributed by atoms with E-state index in [0.717, 1.165) is 42.2 Å². The van der Waals surface area contributed by atoms with E-state index in [1.807, 2.05) is 53.4 Å². The molecule has 1 fully saturated rings. The smallest absolute Gasteiger partial charge is 0.237 e. The average Bonchev–Trinajstić information content (AvgIpc) is 3.51. The Hall–Kier alpha value is -3.25. The van der Waals surface area contributed by atoms with Gasteiger partial charge in [0.25, 0.3) is 0 Å². The Balaban J connectivity index is 1.51. The van der Waals surface area contributed by atoms with Gasteiger partial charge in [-0.25, -0.2) is 0 Å². The van der Waals surface area contributed by atoms with Crippen LogP contribution in [0.1, 0.15) is 35.8 Å². The van der Waals surface area contributed by atoms with Gasteiger partial charge in [0.05, 0.1) is 39.6 Å². The van der Waals surface area contributed by atoms with Crippen LogP contribution in [-0.2, 0) is 17.9 Å². The summed E-state index contributed by atoms with van der Waals surface area (Å²) < 4.78 is 16.5. The lowest BCUT2D eigenvalue weighted by Gasteiger charge is -2.29. The first-order valence-electron chi connectivity index (χ1n) is 11.0. The number of benzene rings is 2. The summed E-state index contributed by atoms with van der Waals surface area (Å²) in [6, 6.07) is 19.9. The molecule has 0 bridgehead atoms. The first-order chi connectivity index (χ1) is 15.7. The second-order valence-corrected chi connectivity index (χ2v) is 8.06. The number of nitrogens with zero attached hydrogens (tertiary/aromatic N) is 2. The van der Waals surface area contributed by atoms with Crippen molar-refractivity contribution in [3.63, 3.8) is 0 Å². The topological polar surface area (TPSA) is 55.2 Å². The first kappa shape index (κ1) is 22.0. The highest BCUT2D eigenvalue weighted by molar-refractivity contribution is 5.79. The van der Waals surface area contributed by atoms with Crippen LogP contribution in [0, 0.1) is 0 Å². The number of hydrogen-bond donors (Lipinski definition) is 0. The van der Waals surface area contributed by atoms with E-state index in [9.17, 15) is 4.79 Å². The summed E-state index contributed by atoms with van der Waals surface area (Å²) in [5.74, 6) is 2.47. The normalized spacial score (nSPS) is 15.8. The van der Waals surface area contributed by atoms with E-state index in [-0.39, 0.29) is 11.9 Å². The third-order valence-corrected chi connectivity index (χ3v) is 5.94. The Labute approximate surface area is 189 Å². The van der Waals surface area contributed by atoms with Gasteiger partial charge in [-0.1, -0.05) is 30.3 Å². The average molecular weight is 435 g/mol. The molecule has 32 heavy (non-hydrogen) atoms. The second-order valence-electron chi connectivity index (χ2n) is 8.06. The predicted octanol–water partition coefficient (Wildman–Crippen LogP) is 4.66. The van der Waals surface area contributed by atoms with Gasteiger partial charge >= 0.3 is 0 Å². The minimum absolute atomic E-state index is 0.00513. The highest BCUT2D eigenvalue weighted by Crippen LogP contribution is 2.38. The van der Waals surface area contributed by atoms with Crippen molar-refractivity contribution in [2.24, 2.45) is 0 Å². The van der Waals surface area contributed by atoms with Gasteiger partial charge in [-0.3, -0.25) is 9.69 Å². The molecule has 0 saturated carbocycles. The third kappa shape index (κ3) is 5.14. The van der Waals surface area contributed by atoms with Crippen LogP contribution < -0.4 is 9.47 Å². The summed E-state index contributed by atoms with van der Waals surface area (Å²) in [5, 5.41) is 0. The number of carbonyl (C=O) groups excluding carboxylic acids is 1. The largest absolute Gasteiger partial charge is 0.497 e. The van der Waals surface area contributed by atoms with Crippen LogP contribution in [0.15, 0.2) is 71.3 Å². The molecule has 1 amide bonds. The van der Waals surface area contributed by atoms with E-state index in [1.165, 1.54) is 5.56 Å². The molecule has 0 N–H and O–H groups in total. The van der Waals surface area contributed by atoms with E-state index in [0.29, 0.717) is 19.6 Å². The van der Waals surface area contributed by atoms with Gasteiger partial charge in [-0.05, 0) is 42.7 Å². The molecule has 6 heteroatoms. The van der Waals surface area contributed by atoms with Crippen molar-refractivity contribution in [3.05, 3.63) is 83.8 Å². The number of amides is 1. The van der Waals surface area contributed by atoms with Crippen molar-refractivity contribution in [2.75, 3.05) is 27.3 Å². The lowest BCUT2D eigenvalue weighted by molar-refractivity contribution is -0.133. The van der Waals surface area contributed by atoms with Crippen LogP contribution >= 0.6 is 0 Å². The summed E-state index contributed by atoms with van der Waals surface area (Å²) in [4.78, 5) is 17.6. The molecule has 1 unspecified atom stereocenters. The van der Waals surface area contributed by atoms with Crippen LogP contribution in [-0.4, -0.2) is 43.0 Å². The number of methoxy groups -OCH3 is 2. The van der Waals surface area contributed by atoms with Crippen LogP contribution in [0.3, 0.4) is 0 Å². The van der Waals surface area contributed by atoms with Crippen molar-refractivity contribution < 1.29 is 18.7 Å². The van der Waals surface area contributed by atoms with Gasteiger partial charge in [0.15, 0.2) is 0 Å². The standard InChI is InChI=1S/C26H30N2O4/c1-30-21-12-13-23(25(16-21)31-2)24-11-6-14-28(24)26(29)19-27(18-22-10-7-15-32-22)17-20-8-4-3-5-9-20/h3-5,7-10,12-13,15-16,24H,6,11,14,17-19H2,1-2H3. The van der Waals surface area contributed by atoms with Crippen LogP contribution in [0.25, 0.3) is 0 Å². The molecule has 1 aromatic heterocycles. The maximum Gasteiger partial charge on any atom is 0.237 e. The van der Waals surface area contributed by atoms with Gasteiger partial charge in [-0.2, -0.15) is 0 Å². The molecule has 1 aliphatic heterocycles. The fourth-order valence-corrected chi connectivity index (χ4v) is 4.40. The highest BCUT2D eigenvalue weighted by Gasteiger charge is 2.32. The zero-order chi connectivity index (χ0) is 22.3. The van der Waals surface area contributed by atoms with Gasteiger partial charge in [-0.15, -0.1) is 0 Å². The molecular formula is C26H30N2O4. The quantitative estimate of drug-likeness (QED) is 0.490. The SMILES string of the molecule is COc1ccc(C2CCCN2C(=O)CN(Cc2ccccc2)Cc2ccco2)c(OC)c1. The molecule has 2 aromatic carbocycles. The summed E-state index contributed by atoms with van der Waals surface area (Å²) >= 11 is 0. The predicted molar refractivity (Wildman–Crippen MR) is 122 cm³/mol. The zero-order valence-electron chi connectivity index (χ0n) is 18.7. The molecule has 4 rings (SSSR count). The van der Waals surface area contributed by atoms with Crippen molar-refractivity contribution >= 4 is 5.91 Å². The van der Waals surface area contributed by atoms with Crippen molar-refractivity contribution in [2.45, 2.75) is 32.0 Å². The molecule has 1 atom stereocenters. The van der Waals surface area contributed by atoms with E-state index in [4.69, 9.17) is 13.9 Å². The maximum atomic E-state index is 13.5. The number of hydrogen-bond acceptors (Lipinski definition) is 5. The molecule has 2 heterocycles. The van der Waals surface area contributed by atoms with Gasteiger partial charge in [0, 0.05) is 24.7 Å². The zero-order valence-corrected chi connectivity index (χ0v) is 18.7. The van der Waals surface area contributed by atoms with E-state index < -0.39 is 0 Å². The Morgan fingerprint density at radius 2 is 1.91 bits per heavy atom. The maximum absolute atomic E-state index is 13.5. The van der Waals surface area contributed by atoms with Crippen LogP contribution in [0.2, 0.25) is 0 Å². The molecule has 0 spiro atoms. The lowest BCUT2D eigenvalue weighted by atomic mass is 10.0. The minimum Gasteiger partial charge on any atom is -0.497 e. The number of ether oxygens (including phenoxy) is 2. The van der Waals surface area contributed by atoms with Crippen LogP contribution in [0.5, 0.6) is 11.5 Å². The monoisotopic (exact) mass is 434 g/mol. The molecule has 3 aromatic rings. The fourth-order valence-electron chi connectivity index (χ4n) is 4.40. The summed E-state index contributed by atoms with van der Waals surface area (Å²) in [6.07, 6.45) is 3.57. The molecule has 6 nitrogen and oxygen atoms in total. The van der Waals surface area contributed by atoms with Crippen molar-refractivity contribution in [1.82, 2.24) is 9.80 Å². The summed E-state index contributed by atoms with van der Waals surface area (Å²) in [7, 11) is 3.30. The van der Waals surface area contributed by atoms with E-state index in [1.54, 1.807) is 20.5 Å². The Kier molecular flexibility index (Phi) is 7.12. The molecular weight excluding hydrogens is 404 g/mol. The number of likely N-dealkylation sites (tertiary alicyclic amines) is 1. The fraction of sp³-hybridized carbons (Fsp3) is 0.346. The summed E-state index contributed by atoms with van der Waals surface area (Å²) in [5.41, 5.74) is 2.20. The second kappa shape index (κ2) is 10.4. The summed E-state index contributed by atoms with van der Waals surface area (Å²) in [6.45, 7) is 2.33. The lowest BCUT2D eigenvalue weighted by Crippen LogP contribution is -2.39. The third-order valence-electron chi connectivity index (χ3n) is 5.94. The van der Waals surface area contributed by atoms with E-state index >= 15 is 0 Å². The van der Waals surface area contributed by atoms with Gasteiger partial charge in [0.2, 0.25) is 5.91 Å². The highest BCUT2D eigenvalue weighted by atomic mass is 16.5. The van der Waals surface area contributed by atoms with Crippen molar-refractivity contribution in [1.29, 1.82) is 0 Å². The molecule has 1 aliphatic rings. The number of carbonyl (C=O) groups is 1. The van der Waals surface area contributed by atoms with Gasteiger partial charge in [0.1, 0.15) is 17.3 Å². The number of rotatable bonds is 9. The van der Waals surface area contributed by atoms with Gasteiger partial charge < -0.3 is 18.8 Å². The Bertz CT molecular complexity index is 1000. The molecule has 0 radical (unpaired) electrons.